The molecule has 0 atom stereocenters. The van der Waals surface area contributed by atoms with Crippen LogP contribution in [-0.4, -0.2) is 33.9 Å². The van der Waals surface area contributed by atoms with Gasteiger partial charge >= 0.3 is 17.9 Å². The van der Waals surface area contributed by atoms with Crippen LogP contribution >= 0.6 is 0 Å². The van der Waals surface area contributed by atoms with Gasteiger partial charge < -0.3 is 14.6 Å². The second kappa shape index (κ2) is 4.50. The van der Waals surface area contributed by atoms with Crippen molar-refractivity contribution in [1.29, 1.82) is 0 Å². The van der Waals surface area contributed by atoms with Gasteiger partial charge in [0.05, 0.1) is 5.56 Å². The molecule has 2 aromatic rings. The van der Waals surface area contributed by atoms with Crippen LogP contribution in [0.1, 0.15) is 10.4 Å². The maximum absolute atomic E-state index is 13.6. The Morgan fingerprint density at radius 1 is 1.05 bits per heavy atom. The van der Waals surface area contributed by atoms with E-state index in [0.717, 1.165) is 0 Å². The minimum Gasteiger partial charge on any atom is -0.464 e. The number of carbonyl (C=O) groups excluding carboxylic acids is 1. The van der Waals surface area contributed by atoms with E-state index >= 15 is 0 Å². The van der Waals surface area contributed by atoms with Crippen molar-refractivity contribution in [2.75, 3.05) is 0 Å². The van der Waals surface area contributed by atoms with Gasteiger partial charge in [0.1, 0.15) is 11.8 Å². The summed E-state index contributed by atoms with van der Waals surface area (Å²) in [5, 5.41) is 17.1. The number of hydrogen-bond donors (Lipinski definition) is 2. The van der Waals surface area contributed by atoms with Crippen LogP contribution in [0.15, 0.2) is 34.9 Å². The highest BCUT2D eigenvalue weighted by Crippen LogP contribution is 2.42. The minimum absolute atomic E-state index is 0.00913. The fourth-order valence-corrected chi connectivity index (χ4v) is 1.66. The molecule has 0 aliphatic rings. The van der Waals surface area contributed by atoms with Crippen molar-refractivity contribution in [2.45, 2.75) is 17.9 Å². The van der Waals surface area contributed by atoms with Crippen molar-refractivity contribution in [3.05, 3.63) is 36.1 Å². The van der Waals surface area contributed by atoms with E-state index in [1.165, 1.54) is 24.3 Å². The van der Waals surface area contributed by atoms with Crippen LogP contribution < -0.4 is 0 Å². The molecule has 2 N–H and O–H groups in total. The Kier molecular flexibility index (Phi) is 3.30. The van der Waals surface area contributed by atoms with Gasteiger partial charge in [-0.05, 0) is 6.07 Å². The van der Waals surface area contributed by atoms with Crippen molar-refractivity contribution in [1.82, 2.24) is 0 Å². The maximum atomic E-state index is 13.6. The van der Waals surface area contributed by atoms with Crippen molar-refractivity contribution in [3.63, 3.8) is 0 Å². The zero-order valence-corrected chi connectivity index (χ0v) is 9.99. The lowest BCUT2D eigenvalue weighted by Crippen LogP contribution is -2.62. The van der Waals surface area contributed by atoms with Crippen LogP contribution in [0.3, 0.4) is 0 Å². The number of alkyl halides is 5. The van der Waals surface area contributed by atoms with Crippen LogP contribution in [0.25, 0.3) is 11.0 Å². The highest BCUT2D eigenvalue weighted by molar-refractivity contribution is 6.10. The van der Waals surface area contributed by atoms with Crippen molar-refractivity contribution >= 4 is 16.8 Å². The number of fused-ring (bicyclic) bond motifs is 1. The Morgan fingerprint density at radius 3 is 2.19 bits per heavy atom. The number of benzene rings is 1. The lowest BCUT2D eigenvalue weighted by atomic mass is 9.97. The molecule has 114 valence electrons. The first kappa shape index (κ1) is 15.4. The predicted octanol–water partition coefficient (Wildman–Crippen LogP) is 2.49. The molecule has 0 fully saturated rings. The fraction of sp³-hybridized carbons (Fsp3) is 0.250. The third-order valence-electron chi connectivity index (χ3n) is 2.84. The molecule has 1 aromatic carbocycles. The van der Waals surface area contributed by atoms with Gasteiger partial charge in [0.15, 0.2) is 0 Å². The first-order valence-corrected chi connectivity index (χ1v) is 5.40. The summed E-state index contributed by atoms with van der Waals surface area (Å²) in [7, 11) is 0. The summed E-state index contributed by atoms with van der Waals surface area (Å²) in [6.45, 7) is 0. The van der Waals surface area contributed by atoms with E-state index in [-0.39, 0.29) is 11.0 Å². The highest BCUT2D eigenvalue weighted by Gasteiger charge is 2.72. The number of para-hydroxylation sites is 1. The van der Waals surface area contributed by atoms with Crippen LogP contribution in [0, 0.1) is 0 Å². The van der Waals surface area contributed by atoms with E-state index in [9.17, 15) is 26.7 Å². The number of ketones is 1. The number of halogens is 5. The molecule has 2 rings (SSSR count). The summed E-state index contributed by atoms with van der Waals surface area (Å²) >= 11 is 0. The lowest BCUT2D eigenvalue weighted by Gasteiger charge is -2.30. The fourth-order valence-electron chi connectivity index (χ4n) is 1.66. The third kappa shape index (κ3) is 2.18. The summed E-state index contributed by atoms with van der Waals surface area (Å²) in [6.07, 6.45) is -5.58. The number of hydrogen-bond acceptors (Lipinski definition) is 4. The molecule has 0 aliphatic heterocycles. The van der Waals surface area contributed by atoms with Gasteiger partial charge in [-0.1, -0.05) is 18.2 Å². The Morgan fingerprint density at radius 2 is 1.62 bits per heavy atom. The van der Waals surface area contributed by atoms with E-state index in [4.69, 9.17) is 14.6 Å². The molecule has 0 spiro atoms. The van der Waals surface area contributed by atoms with Crippen molar-refractivity contribution < 1.29 is 41.4 Å². The molecule has 0 saturated heterocycles. The molecule has 21 heavy (non-hydrogen) atoms. The van der Waals surface area contributed by atoms with Gasteiger partial charge in [-0.25, -0.2) is 0 Å². The van der Waals surface area contributed by atoms with Crippen LogP contribution in [0.4, 0.5) is 22.0 Å². The van der Waals surface area contributed by atoms with E-state index in [1.54, 1.807) is 0 Å². The standard InChI is InChI=1S/C12H7F5O4/c13-10(14,11(19,20)12(15,16)17)9(18)7-5-21-8-4-2-1-3-6(7)8/h1-5,19-20H. The molecular formula is C12H7F5O4. The maximum Gasteiger partial charge on any atom is 0.450 e. The Balaban J connectivity index is 2.53. The molecule has 0 saturated carbocycles. The van der Waals surface area contributed by atoms with Gasteiger partial charge in [0.25, 0.3) is 0 Å². The highest BCUT2D eigenvalue weighted by atomic mass is 19.4. The lowest BCUT2D eigenvalue weighted by molar-refractivity contribution is -0.402. The first-order valence-electron chi connectivity index (χ1n) is 5.40. The number of rotatable bonds is 3. The second-order valence-corrected chi connectivity index (χ2v) is 4.22. The third-order valence-corrected chi connectivity index (χ3v) is 2.84. The number of aliphatic hydroxyl groups is 2. The molecule has 0 amide bonds. The molecule has 0 aliphatic carbocycles. The summed E-state index contributed by atoms with van der Waals surface area (Å²) < 4.78 is 68.8. The summed E-state index contributed by atoms with van der Waals surface area (Å²) in [5.41, 5.74) is -0.891. The van der Waals surface area contributed by atoms with Crippen molar-refractivity contribution in [2.24, 2.45) is 0 Å². The largest absolute Gasteiger partial charge is 0.464 e. The van der Waals surface area contributed by atoms with Crippen LogP contribution in [-0.2, 0) is 0 Å². The zero-order valence-electron chi connectivity index (χ0n) is 9.99. The van der Waals surface area contributed by atoms with Gasteiger partial charge in [-0.3, -0.25) is 4.79 Å². The molecule has 0 bridgehead atoms. The Bertz CT molecular complexity index is 686. The predicted molar refractivity (Wildman–Crippen MR) is 58.7 cm³/mol. The SMILES string of the molecule is O=C(c1coc2ccccc12)C(F)(F)C(O)(O)C(F)(F)F. The normalized spacial score (nSPS) is 13.7. The molecule has 1 aromatic heterocycles. The Hall–Kier alpha value is -2.00. The number of carbonyl (C=O) groups is 1. The summed E-state index contributed by atoms with van der Waals surface area (Å²) in [6, 6.07) is 5.28. The molecular weight excluding hydrogens is 303 g/mol. The minimum atomic E-state index is -6.12. The van der Waals surface area contributed by atoms with Gasteiger partial charge in [-0.15, -0.1) is 0 Å². The van der Waals surface area contributed by atoms with Gasteiger partial charge in [0, 0.05) is 5.39 Å². The Labute approximate surface area is 113 Å². The van der Waals surface area contributed by atoms with Gasteiger partial charge in [0.2, 0.25) is 5.78 Å². The second-order valence-electron chi connectivity index (χ2n) is 4.22. The smallest absolute Gasteiger partial charge is 0.450 e. The van der Waals surface area contributed by atoms with Crippen molar-refractivity contribution in [3.8, 4) is 0 Å². The monoisotopic (exact) mass is 310 g/mol. The number of furan rings is 1. The van der Waals surface area contributed by atoms with E-state index in [2.05, 4.69) is 0 Å². The average molecular weight is 310 g/mol. The van der Waals surface area contributed by atoms with Crippen LogP contribution in [0.2, 0.25) is 0 Å². The summed E-state index contributed by atoms with van der Waals surface area (Å²) in [5.74, 6) is -13.4. The first-order chi connectivity index (χ1) is 9.50. The van der Waals surface area contributed by atoms with Gasteiger partial charge in [-0.2, -0.15) is 22.0 Å². The van der Waals surface area contributed by atoms with Crippen LogP contribution in [0.5, 0.6) is 0 Å². The average Bonchev–Trinajstić information content (AvgIpc) is 2.79. The topological polar surface area (TPSA) is 70.7 Å². The molecule has 0 unspecified atom stereocenters. The van der Waals surface area contributed by atoms with E-state index in [1.807, 2.05) is 0 Å². The molecule has 9 heteroatoms. The summed E-state index contributed by atoms with van der Waals surface area (Å²) in [4.78, 5) is 11.6. The molecule has 0 radical (unpaired) electrons. The number of Topliss-reactive ketones (excluding diaryl/α,β-unsaturated/α-hetero) is 1. The zero-order chi connectivity index (χ0) is 16.1. The molecule has 1 heterocycles. The molecule has 4 nitrogen and oxygen atoms in total. The quantitative estimate of drug-likeness (QED) is 0.519. The van der Waals surface area contributed by atoms with E-state index in [0.29, 0.717) is 6.26 Å². The van der Waals surface area contributed by atoms with E-state index < -0.39 is 29.2 Å².